The lowest BCUT2D eigenvalue weighted by molar-refractivity contribution is -0.138. The number of nitrogens with zero attached hydrogens (tertiary/aromatic N) is 1. The van der Waals surface area contributed by atoms with Gasteiger partial charge in [-0.15, -0.1) is 12.4 Å². The first-order valence-electron chi connectivity index (χ1n) is 6.30. The standard InChI is InChI=1S/C12H23N3O2.ClH/c1-8-6-4-5-7-15(8)12(17)10(3)14-11(16)9(2)13;/h8-10H,4-7,13H2,1-3H3,(H,14,16);1H/t8?,9-,10?;/m1./s1. The highest BCUT2D eigenvalue weighted by Gasteiger charge is 2.28. The minimum absolute atomic E-state index is 0. The molecule has 0 aromatic rings. The van der Waals surface area contributed by atoms with Gasteiger partial charge < -0.3 is 16.0 Å². The second-order valence-corrected chi connectivity index (χ2v) is 4.90. The van der Waals surface area contributed by atoms with Crippen LogP contribution in [-0.2, 0) is 9.59 Å². The molecule has 6 heteroatoms. The molecule has 0 aliphatic carbocycles. The van der Waals surface area contributed by atoms with Crippen LogP contribution in [-0.4, -0.2) is 41.4 Å². The summed E-state index contributed by atoms with van der Waals surface area (Å²) in [4.78, 5) is 25.4. The van der Waals surface area contributed by atoms with E-state index in [0.717, 1.165) is 19.4 Å². The van der Waals surface area contributed by atoms with E-state index in [1.165, 1.54) is 6.42 Å². The maximum Gasteiger partial charge on any atom is 0.245 e. The maximum absolute atomic E-state index is 12.1. The van der Waals surface area contributed by atoms with Crippen LogP contribution in [0, 0.1) is 0 Å². The van der Waals surface area contributed by atoms with Crippen molar-refractivity contribution in [3.63, 3.8) is 0 Å². The SMILES string of the molecule is CC(NC(=O)[C@@H](C)N)C(=O)N1CCCCC1C.Cl. The number of nitrogens with one attached hydrogen (secondary N) is 1. The quantitative estimate of drug-likeness (QED) is 0.796. The highest BCUT2D eigenvalue weighted by atomic mass is 35.5. The van der Waals surface area contributed by atoms with E-state index >= 15 is 0 Å². The summed E-state index contributed by atoms with van der Waals surface area (Å²) >= 11 is 0. The van der Waals surface area contributed by atoms with Crippen molar-refractivity contribution in [3.8, 4) is 0 Å². The molecule has 1 rings (SSSR count). The van der Waals surface area contributed by atoms with Crippen LogP contribution in [0.4, 0.5) is 0 Å². The zero-order chi connectivity index (χ0) is 13.0. The van der Waals surface area contributed by atoms with Gasteiger partial charge in [0.2, 0.25) is 11.8 Å². The van der Waals surface area contributed by atoms with Crippen molar-refractivity contribution in [2.24, 2.45) is 5.73 Å². The van der Waals surface area contributed by atoms with Crippen molar-refractivity contribution < 1.29 is 9.59 Å². The molecule has 1 aliphatic rings. The number of rotatable bonds is 3. The largest absolute Gasteiger partial charge is 0.343 e. The Bertz CT molecular complexity index is 297. The molecule has 1 fully saturated rings. The minimum Gasteiger partial charge on any atom is -0.343 e. The second kappa shape index (κ2) is 7.59. The van der Waals surface area contributed by atoms with Crippen molar-refractivity contribution in [3.05, 3.63) is 0 Å². The summed E-state index contributed by atoms with van der Waals surface area (Å²) < 4.78 is 0. The molecule has 1 saturated heterocycles. The molecule has 0 saturated carbocycles. The van der Waals surface area contributed by atoms with Gasteiger partial charge in [0, 0.05) is 12.6 Å². The molecule has 106 valence electrons. The third kappa shape index (κ3) is 4.46. The van der Waals surface area contributed by atoms with Crippen LogP contribution in [0.15, 0.2) is 0 Å². The Morgan fingerprint density at radius 3 is 2.44 bits per heavy atom. The lowest BCUT2D eigenvalue weighted by Crippen LogP contribution is -2.53. The van der Waals surface area contributed by atoms with Gasteiger partial charge in [0.05, 0.1) is 6.04 Å². The van der Waals surface area contributed by atoms with Crippen LogP contribution in [0.1, 0.15) is 40.0 Å². The molecular weight excluding hydrogens is 254 g/mol. The molecule has 0 aromatic carbocycles. The third-order valence-electron chi connectivity index (χ3n) is 3.23. The zero-order valence-electron chi connectivity index (χ0n) is 11.3. The van der Waals surface area contributed by atoms with Crippen LogP contribution in [0.5, 0.6) is 0 Å². The van der Waals surface area contributed by atoms with Gasteiger partial charge in [-0.25, -0.2) is 0 Å². The van der Waals surface area contributed by atoms with Gasteiger partial charge in [-0.3, -0.25) is 9.59 Å². The summed E-state index contributed by atoms with van der Waals surface area (Å²) in [5.74, 6) is -0.290. The number of likely N-dealkylation sites (tertiary alicyclic amines) is 1. The lowest BCUT2D eigenvalue weighted by atomic mass is 10.0. The zero-order valence-corrected chi connectivity index (χ0v) is 12.1. The predicted octanol–water partition coefficient (Wildman–Crippen LogP) is 0.661. The number of piperidine rings is 1. The van der Waals surface area contributed by atoms with Crippen LogP contribution >= 0.6 is 12.4 Å². The smallest absolute Gasteiger partial charge is 0.245 e. The Morgan fingerprint density at radius 1 is 1.33 bits per heavy atom. The van der Waals surface area contributed by atoms with E-state index in [2.05, 4.69) is 12.2 Å². The molecule has 2 unspecified atom stereocenters. The number of carbonyl (C=O) groups is 2. The van der Waals surface area contributed by atoms with E-state index < -0.39 is 12.1 Å². The van der Waals surface area contributed by atoms with Crippen molar-refractivity contribution in [1.82, 2.24) is 10.2 Å². The van der Waals surface area contributed by atoms with Gasteiger partial charge >= 0.3 is 0 Å². The molecule has 3 atom stereocenters. The fraction of sp³-hybridized carbons (Fsp3) is 0.833. The van der Waals surface area contributed by atoms with Crippen LogP contribution in [0.3, 0.4) is 0 Å². The Hall–Kier alpha value is -0.810. The summed E-state index contributed by atoms with van der Waals surface area (Å²) in [7, 11) is 0. The number of nitrogens with two attached hydrogens (primary N) is 1. The fourth-order valence-electron chi connectivity index (χ4n) is 2.08. The molecule has 0 aromatic heterocycles. The number of hydrogen-bond acceptors (Lipinski definition) is 3. The third-order valence-corrected chi connectivity index (χ3v) is 3.23. The molecule has 0 spiro atoms. The fourth-order valence-corrected chi connectivity index (χ4v) is 2.08. The van der Waals surface area contributed by atoms with Crippen LogP contribution in [0.25, 0.3) is 0 Å². The first-order chi connectivity index (χ1) is 7.93. The Morgan fingerprint density at radius 2 is 1.94 bits per heavy atom. The molecular formula is C12H24ClN3O2. The predicted molar refractivity (Wildman–Crippen MR) is 73.5 cm³/mol. The van der Waals surface area contributed by atoms with E-state index in [1.54, 1.807) is 13.8 Å². The molecule has 1 heterocycles. The normalized spacial score (nSPS) is 22.7. The monoisotopic (exact) mass is 277 g/mol. The van der Waals surface area contributed by atoms with E-state index in [0.29, 0.717) is 0 Å². The lowest BCUT2D eigenvalue weighted by Gasteiger charge is -2.35. The van der Waals surface area contributed by atoms with Gasteiger partial charge in [-0.2, -0.15) is 0 Å². The van der Waals surface area contributed by atoms with Crippen LogP contribution < -0.4 is 11.1 Å². The van der Waals surface area contributed by atoms with Crippen molar-refractivity contribution in [1.29, 1.82) is 0 Å². The molecule has 3 N–H and O–H groups in total. The molecule has 0 radical (unpaired) electrons. The Kier molecular flexibility index (Phi) is 7.25. The number of amides is 2. The first-order valence-corrected chi connectivity index (χ1v) is 6.30. The van der Waals surface area contributed by atoms with E-state index in [1.807, 2.05) is 4.90 Å². The van der Waals surface area contributed by atoms with Crippen molar-refractivity contribution in [2.75, 3.05) is 6.54 Å². The minimum atomic E-state index is -0.580. The number of hydrogen-bond donors (Lipinski definition) is 2. The summed E-state index contributed by atoms with van der Waals surface area (Å²) in [5, 5.41) is 2.64. The maximum atomic E-state index is 12.1. The molecule has 2 amide bonds. The van der Waals surface area contributed by atoms with Gasteiger partial charge in [-0.1, -0.05) is 0 Å². The van der Waals surface area contributed by atoms with Gasteiger partial charge in [0.15, 0.2) is 0 Å². The average Bonchev–Trinajstić information content (AvgIpc) is 2.28. The summed E-state index contributed by atoms with van der Waals surface area (Å²) in [6.45, 7) is 6.16. The summed E-state index contributed by atoms with van der Waals surface area (Å²) in [6.07, 6.45) is 3.26. The second-order valence-electron chi connectivity index (χ2n) is 4.90. The van der Waals surface area contributed by atoms with E-state index in [4.69, 9.17) is 5.73 Å². The van der Waals surface area contributed by atoms with Gasteiger partial charge in [0.25, 0.3) is 0 Å². The topological polar surface area (TPSA) is 75.4 Å². The van der Waals surface area contributed by atoms with Crippen molar-refractivity contribution in [2.45, 2.75) is 58.2 Å². The highest BCUT2D eigenvalue weighted by Crippen LogP contribution is 2.17. The Balaban J connectivity index is 0.00000289. The summed E-state index contributed by atoms with van der Waals surface area (Å²) in [6, 6.07) is -0.802. The van der Waals surface area contributed by atoms with E-state index in [-0.39, 0.29) is 30.3 Å². The summed E-state index contributed by atoms with van der Waals surface area (Å²) in [5.41, 5.74) is 5.45. The number of carbonyl (C=O) groups excluding carboxylic acids is 2. The van der Waals surface area contributed by atoms with Gasteiger partial charge in [-0.05, 0) is 40.0 Å². The first kappa shape index (κ1) is 17.2. The molecule has 18 heavy (non-hydrogen) atoms. The number of halogens is 1. The van der Waals surface area contributed by atoms with Gasteiger partial charge in [0.1, 0.15) is 6.04 Å². The molecule has 5 nitrogen and oxygen atoms in total. The Labute approximate surface area is 115 Å². The highest BCUT2D eigenvalue weighted by molar-refractivity contribution is 5.89. The van der Waals surface area contributed by atoms with Crippen LogP contribution in [0.2, 0.25) is 0 Å². The van der Waals surface area contributed by atoms with Crippen molar-refractivity contribution >= 4 is 24.2 Å². The molecule has 0 bridgehead atoms. The molecule has 1 aliphatic heterocycles. The average molecular weight is 278 g/mol. The van der Waals surface area contributed by atoms with E-state index in [9.17, 15) is 9.59 Å².